The minimum atomic E-state index is 0.723. The van der Waals surface area contributed by atoms with Crippen LogP contribution < -0.4 is 4.90 Å². The molecule has 0 unspecified atom stereocenters. The SMILES string of the molecule is c1ccc(N2CCN([C@H]3CCCN(Cc4nc5c(s4)CCCC5)C3)CC2)cc1. The van der Waals surface area contributed by atoms with E-state index in [4.69, 9.17) is 4.98 Å². The number of piperazine rings is 1. The molecule has 1 aromatic heterocycles. The number of piperidine rings is 1. The van der Waals surface area contributed by atoms with Crippen LogP contribution in [-0.2, 0) is 19.4 Å². The summed E-state index contributed by atoms with van der Waals surface area (Å²) in [6.07, 6.45) is 7.85. The molecule has 0 spiro atoms. The number of thiazole rings is 1. The second-order valence-corrected chi connectivity index (χ2v) is 9.74. The van der Waals surface area contributed by atoms with E-state index in [0.717, 1.165) is 25.7 Å². The molecule has 3 aliphatic rings. The lowest BCUT2D eigenvalue weighted by Gasteiger charge is -2.43. The molecule has 0 saturated carbocycles. The lowest BCUT2D eigenvalue weighted by atomic mass is 10.0. The van der Waals surface area contributed by atoms with Gasteiger partial charge < -0.3 is 4.90 Å². The largest absolute Gasteiger partial charge is 0.369 e. The van der Waals surface area contributed by atoms with Crippen molar-refractivity contribution in [3.63, 3.8) is 0 Å². The Kier molecular flexibility index (Phi) is 5.66. The molecule has 0 amide bonds. The molecule has 4 nitrogen and oxygen atoms in total. The highest BCUT2D eigenvalue weighted by molar-refractivity contribution is 7.11. The number of likely N-dealkylation sites (tertiary alicyclic amines) is 1. The van der Waals surface area contributed by atoms with Gasteiger partial charge in [0, 0.05) is 49.3 Å². The van der Waals surface area contributed by atoms with Gasteiger partial charge in [-0.1, -0.05) is 18.2 Å². The lowest BCUT2D eigenvalue weighted by molar-refractivity contribution is 0.0887. The Labute approximate surface area is 173 Å². The van der Waals surface area contributed by atoms with Crippen LogP contribution in [0.2, 0.25) is 0 Å². The van der Waals surface area contributed by atoms with E-state index in [1.807, 2.05) is 11.3 Å². The van der Waals surface area contributed by atoms with Crippen molar-refractivity contribution in [1.29, 1.82) is 0 Å². The monoisotopic (exact) mass is 396 g/mol. The molecule has 5 heteroatoms. The summed E-state index contributed by atoms with van der Waals surface area (Å²) in [4.78, 5) is 14.5. The van der Waals surface area contributed by atoms with Crippen LogP contribution in [0.25, 0.3) is 0 Å². The van der Waals surface area contributed by atoms with Crippen molar-refractivity contribution in [1.82, 2.24) is 14.8 Å². The first kappa shape index (κ1) is 18.6. The normalized spacial score (nSPS) is 24.3. The summed E-state index contributed by atoms with van der Waals surface area (Å²) in [7, 11) is 0. The van der Waals surface area contributed by atoms with E-state index in [-0.39, 0.29) is 0 Å². The Morgan fingerprint density at radius 2 is 1.75 bits per heavy atom. The number of anilines is 1. The molecule has 1 atom stereocenters. The summed E-state index contributed by atoms with van der Waals surface area (Å²) < 4.78 is 0. The standard InChI is InChI=1S/C23H32N4S/c1-2-7-19(8-3-1)26-13-15-27(16-14-26)20-9-6-12-25(17-20)18-23-24-21-10-4-5-11-22(21)28-23/h1-3,7-8,20H,4-6,9-18H2/t20-/m0/s1. The van der Waals surface area contributed by atoms with Gasteiger partial charge in [-0.2, -0.15) is 0 Å². The summed E-state index contributed by atoms with van der Waals surface area (Å²) >= 11 is 1.99. The highest BCUT2D eigenvalue weighted by Crippen LogP contribution is 2.28. The number of fused-ring (bicyclic) bond motifs is 1. The van der Waals surface area contributed by atoms with Gasteiger partial charge in [0.25, 0.3) is 0 Å². The Balaban J connectivity index is 1.16. The van der Waals surface area contributed by atoms with Crippen molar-refractivity contribution < 1.29 is 0 Å². The quantitative estimate of drug-likeness (QED) is 0.784. The average molecular weight is 397 g/mol. The maximum atomic E-state index is 4.98. The van der Waals surface area contributed by atoms with Gasteiger partial charge in [0.05, 0.1) is 12.2 Å². The zero-order chi connectivity index (χ0) is 18.8. The molecule has 28 heavy (non-hydrogen) atoms. The van der Waals surface area contributed by atoms with Gasteiger partial charge in [0.1, 0.15) is 5.01 Å². The van der Waals surface area contributed by atoms with Crippen LogP contribution in [0, 0.1) is 0 Å². The summed E-state index contributed by atoms with van der Waals surface area (Å²) in [5.74, 6) is 0. The molecule has 0 radical (unpaired) electrons. The molecule has 0 bridgehead atoms. The fraction of sp³-hybridized carbons (Fsp3) is 0.609. The predicted octanol–water partition coefficient (Wildman–Crippen LogP) is 3.81. The van der Waals surface area contributed by atoms with Crippen LogP contribution in [0.5, 0.6) is 0 Å². The Morgan fingerprint density at radius 1 is 0.929 bits per heavy atom. The van der Waals surface area contributed by atoms with Gasteiger partial charge >= 0.3 is 0 Å². The van der Waals surface area contributed by atoms with Crippen molar-refractivity contribution in [3.05, 3.63) is 45.9 Å². The van der Waals surface area contributed by atoms with Gasteiger partial charge in [-0.25, -0.2) is 4.98 Å². The Hall–Kier alpha value is -1.43. The number of nitrogens with zero attached hydrogens (tertiary/aromatic N) is 4. The maximum absolute atomic E-state index is 4.98. The molecule has 150 valence electrons. The highest BCUT2D eigenvalue weighted by atomic mass is 32.1. The van der Waals surface area contributed by atoms with Crippen LogP contribution in [0.4, 0.5) is 5.69 Å². The van der Waals surface area contributed by atoms with E-state index in [2.05, 4.69) is 45.0 Å². The van der Waals surface area contributed by atoms with E-state index < -0.39 is 0 Å². The van der Waals surface area contributed by atoms with Crippen molar-refractivity contribution >= 4 is 17.0 Å². The van der Waals surface area contributed by atoms with E-state index in [0.29, 0.717) is 0 Å². The Morgan fingerprint density at radius 3 is 2.57 bits per heavy atom. The van der Waals surface area contributed by atoms with E-state index in [1.165, 1.54) is 81.1 Å². The number of hydrogen-bond acceptors (Lipinski definition) is 5. The minimum absolute atomic E-state index is 0.723. The summed E-state index contributed by atoms with van der Waals surface area (Å²) in [6, 6.07) is 11.6. The van der Waals surface area contributed by atoms with Crippen molar-refractivity contribution in [3.8, 4) is 0 Å². The summed E-state index contributed by atoms with van der Waals surface area (Å²) in [5.41, 5.74) is 2.79. The van der Waals surface area contributed by atoms with Crippen LogP contribution in [-0.4, -0.2) is 60.1 Å². The molecule has 2 fully saturated rings. The Bertz CT molecular complexity index is 743. The number of benzene rings is 1. The number of hydrogen-bond donors (Lipinski definition) is 0. The first-order valence-electron chi connectivity index (χ1n) is 11.1. The highest BCUT2D eigenvalue weighted by Gasteiger charge is 2.28. The molecule has 2 saturated heterocycles. The molecule has 2 aromatic rings. The third kappa shape index (κ3) is 4.12. The van der Waals surface area contributed by atoms with Crippen molar-refractivity contribution in [2.45, 2.75) is 51.1 Å². The first-order valence-corrected chi connectivity index (χ1v) is 11.9. The lowest BCUT2D eigenvalue weighted by Crippen LogP contribution is -2.55. The molecule has 0 N–H and O–H groups in total. The third-order valence-corrected chi connectivity index (χ3v) is 7.82. The van der Waals surface area contributed by atoms with E-state index in [1.54, 1.807) is 4.88 Å². The fourth-order valence-electron chi connectivity index (χ4n) is 5.12. The number of aromatic nitrogens is 1. The number of para-hydroxylation sites is 1. The second-order valence-electron chi connectivity index (χ2n) is 8.57. The zero-order valence-corrected chi connectivity index (χ0v) is 17.7. The molecular formula is C23H32N4S. The molecular weight excluding hydrogens is 364 g/mol. The van der Waals surface area contributed by atoms with E-state index in [9.17, 15) is 0 Å². The number of rotatable bonds is 4. The van der Waals surface area contributed by atoms with Crippen LogP contribution in [0.3, 0.4) is 0 Å². The topological polar surface area (TPSA) is 22.6 Å². The van der Waals surface area contributed by atoms with Gasteiger partial charge in [0.2, 0.25) is 0 Å². The summed E-state index contributed by atoms with van der Waals surface area (Å²) in [6.45, 7) is 8.22. The molecule has 1 aliphatic carbocycles. The number of aryl methyl sites for hydroxylation is 2. The molecule has 1 aromatic carbocycles. The minimum Gasteiger partial charge on any atom is -0.369 e. The smallest absolute Gasteiger partial charge is 0.107 e. The van der Waals surface area contributed by atoms with Gasteiger partial charge in [0.15, 0.2) is 0 Å². The van der Waals surface area contributed by atoms with Gasteiger partial charge in [-0.3, -0.25) is 9.80 Å². The zero-order valence-electron chi connectivity index (χ0n) is 16.9. The fourth-order valence-corrected chi connectivity index (χ4v) is 6.32. The molecule has 2 aliphatic heterocycles. The second kappa shape index (κ2) is 8.52. The van der Waals surface area contributed by atoms with Crippen LogP contribution >= 0.6 is 11.3 Å². The predicted molar refractivity (Wildman–Crippen MR) is 117 cm³/mol. The van der Waals surface area contributed by atoms with Gasteiger partial charge in [-0.15, -0.1) is 11.3 Å². The van der Waals surface area contributed by atoms with Gasteiger partial charge in [-0.05, 0) is 57.2 Å². The van der Waals surface area contributed by atoms with Crippen molar-refractivity contribution in [2.75, 3.05) is 44.2 Å². The molecule has 5 rings (SSSR count). The summed E-state index contributed by atoms with van der Waals surface area (Å²) in [5, 5.41) is 1.36. The van der Waals surface area contributed by atoms with Crippen LogP contribution in [0.1, 0.15) is 41.3 Å². The maximum Gasteiger partial charge on any atom is 0.107 e. The molecule has 3 heterocycles. The third-order valence-electron chi connectivity index (χ3n) is 6.68. The van der Waals surface area contributed by atoms with Crippen molar-refractivity contribution in [2.24, 2.45) is 0 Å². The average Bonchev–Trinajstić information content (AvgIpc) is 3.17. The first-order chi connectivity index (χ1) is 13.8. The van der Waals surface area contributed by atoms with Crippen LogP contribution in [0.15, 0.2) is 30.3 Å². The van der Waals surface area contributed by atoms with E-state index >= 15 is 0 Å².